The molecule has 0 unspecified atom stereocenters. The molecule has 2 N–H and O–H groups in total. The molecule has 1 aromatic heterocycles. The monoisotopic (exact) mass is 264 g/mol. The number of ether oxygens (including phenoxy) is 1. The highest BCUT2D eigenvalue weighted by Crippen LogP contribution is 2.39. The molecule has 0 atom stereocenters. The fourth-order valence-corrected chi connectivity index (χ4v) is 1.99. The van der Waals surface area contributed by atoms with Crippen molar-refractivity contribution in [2.24, 2.45) is 0 Å². The minimum Gasteiger partial charge on any atom is -0.496 e. The van der Waals surface area contributed by atoms with Gasteiger partial charge in [0, 0.05) is 5.02 Å². The molecule has 0 bridgehead atoms. The highest BCUT2D eigenvalue weighted by atomic mass is 35.5. The first-order valence-corrected chi connectivity index (χ1v) is 5.71. The van der Waals surface area contributed by atoms with Gasteiger partial charge in [-0.2, -0.15) is 0 Å². The molecule has 0 saturated carbocycles. The van der Waals surface area contributed by atoms with Crippen molar-refractivity contribution in [2.45, 2.75) is 13.8 Å². The largest absolute Gasteiger partial charge is 0.496 e. The molecule has 0 aliphatic heterocycles. The first-order chi connectivity index (χ1) is 8.56. The molecule has 0 spiro atoms. The third kappa shape index (κ3) is 1.97. The van der Waals surface area contributed by atoms with E-state index in [9.17, 15) is 0 Å². The van der Waals surface area contributed by atoms with E-state index in [1.54, 1.807) is 7.11 Å². The van der Waals surface area contributed by atoms with Gasteiger partial charge < -0.3 is 10.5 Å². The number of halogens is 1. The van der Waals surface area contributed by atoms with Crippen molar-refractivity contribution >= 4 is 17.4 Å². The lowest BCUT2D eigenvalue weighted by Crippen LogP contribution is -2.02. The summed E-state index contributed by atoms with van der Waals surface area (Å²) in [4.78, 5) is 3.93. The molecule has 5 nitrogen and oxygen atoms in total. The van der Waals surface area contributed by atoms with Crippen LogP contribution in [0, 0.1) is 13.8 Å². The summed E-state index contributed by atoms with van der Waals surface area (Å²) in [6, 6.07) is 1.85. The highest BCUT2D eigenvalue weighted by molar-refractivity contribution is 6.32. The van der Waals surface area contributed by atoms with E-state index in [1.807, 2.05) is 19.9 Å². The molecule has 0 aliphatic rings. The number of aryl methyl sites for hydroxylation is 1. The number of aromatic nitrogens is 3. The van der Waals surface area contributed by atoms with E-state index in [0.717, 1.165) is 16.7 Å². The zero-order valence-corrected chi connectivity index (χ0v) is 11.1. The lowest BCUT2D eigenvalue weighted by molar-refractivity contribution is 0.415. The van der Waals surface area contributed by atoms with Gasteiger partial charge in [-0.3, -0.25) is 0 Å². The molecule has 0 saturated heterocycles. The summed E-state index contributed by atoms with van der Waals surface area (Å²) in [6.07, 6.45) is 1.30. The molecule has 6 heteroatoms. The predicted molar refractivity (Wildman–Crippen MR) is 70.7 cm³/mol. The Morgan fingerprint density at radius 2 is 2.06 bits per heavy atom. The molecule has 94 valence electrons. The van der Waals surface area contributed by atoms with Gasteiger partial charge in [0.05, 0.1) is 12.7 Å². The molecule has 1 aromatic carbocycles. The summed E-state index contributed by atoms with van der Waals surface area (Å²) >= 11 is 6.25. The third-order valence-corrected chi connectivity index (χ3v) is 3.33. The average Bonchev–Trinajstić information content (AvgIpc) is 2.37. The molecular weight excluding hydrogens is 252 g/mol. The molecule has 0 amide bonds. The van der Waals surface area contributed by atoms with Gasteiger partial charge in [0.15, 0.2) is 5.82 Å². The number of anilines is 1. The molecule has 2 rings (SSSR count). The van der Waals surface area contributed by atoms with Gasteiger partial charge in [-0.1, -0.05) is 11.6 Å². The van der Waals surface area contributed by atoms with Crippen LogP contribution in [-0.4, -0.2) is 22.3 Å². The predicted octanol–water partition coefficient (Wildman–Crippen LogP) is 2.40. The molecule has 0 radical (unpaired) electrons. The van der Waals surface area contributed by atoms with E-state index < -0.39 is 0 Å². The summed E-state index contributed by atoms with van der Waals surface area (Å²) in [5, 5.41) is 8.43. The zero-order valence-electron chi connectivity index (χ0n) is 10.4. The number of nitrogen functional groups attached to an aromatic ring is 1. The summed E-state index contributed by atoms with van der Waals surface area (Å²) in [7, 11) is 1.59. The van der Waals surface area contributed by atoms with Crippen LogP contribution in [-0.2, 0) is 0 Å². The first-order valence-electron chi connectivity index (χ1n) is 5.33. The molecule has 18 heavy (non-hydrogen) atoms. The zero-order chi connectivity index (χ0) is 13.3. The van der Waals surface area contributed by atoms with E-state index in [0.29, 0.717) is 22.3 Å². The number of rotatable bonds is 2. The van der Waals surface area contributed by atoms with Gasteiger partial charge >= 0.3 is 0 Å². The maximum absolute atomic E-state index is 6.25. The van der Waals surface area contributed by atoms with Crippen LogP contribution in [0.25, 0.3) is 11.3 Å². The van der Waals surface area contributed by atoms with Crippen molar-refractivity contribution in [1.82, 2.24) is 15.2 Å². The standard InChI is InChI=1S/C12H13ClN4O/c1-6-4-8(18-3)9(7(2)10(6)13)11-12(14)15-5-16-17-11/h4-5H,1-3H3,(H2,14,15,16). The van der Waals surface area contributed by atoms with Crippen molar-refractivity contribution in [3.63, 3.8) is 0 Å². The minimum atomic E-state index is 0.298. The Morgan fingerprint density at radius 1 is 1.33 bits per heavy atom. The Morgan fingerprint density at radius 3 is 2.67 bits per heavy atom. The molecule has 0 fully saturated rings. The second kappa shape index (κ2) is 4.78. The first kappa shape index (κ1) is 12.6. The van der Waals surface area contributed by atoms with Crippen LogP contribution in [0.2, 0.25) is 5.02 Å². The van der Waals surface area contributed by atoms with Crippen LogP contribution in [0.4, 0.5) is 5.82 Å². The molecule has 2 aromatic rings. The van der Waals surface area contributed by atoms with Gasteiger partial charge in [-0.25, -0.2) is 4.98 Å². The van der Waals surface area contributed by atoms with Crippen LogP contribution in [0.3, 0.4) is 0 Å². The quantitative estimate of drug-likeness (QED) is 0.902. The second-order valence-corrected chi connectivity index (χ2v) is 4.28. The Bertz CT molecular complexity index is 601. The van der Waals surface area contributed by atoms with Gasteiger partial charge in [0.25, 0.3) is 0 Å². The minimum absolute atomic E-state index is 0.298. The van der Waals surface area contributed by atoms with Crippen LogP contribution in [0.15, 0.2) is 12.4 Å². The van der Waals surface area contributed by atoms with Gasteiger partial charge in [-0.05, 0) is 31.0 Å². The normalized spacial score (nSPS) is 10.4. The Labute approximate surface area is 110 Å². The molecular formula is C12H13ClN4O. The Balaban J connectivity index is 2.78. The maximum Gasteiger partial charge on any atom is 0.153 e. The fourth-order valence-electron chi connectivity index (χ4n) is 1.84. The number of benzene rings is 1. The van der Waals surface area contributed by atoms with E-state index in [4.69, 9.17) is 22.1 Å². The molecule has 0 aliphatic carbocycles. The molecule has 1 heterocycles. The van der Waals surface area contributed by atoms with Crippen LogP contribution in [0.1, 0.15) is 11.1 Å². The highest BCUT2D eigenvalue weighted by Gasteiger charge is 2.18. The van der Waals surface area contributed by atoms with Crippen molar-refractivity contribution in [2.75, 3.05) is 12.8 Å². The summed E-state index contributed by atoms with van der Waals surface area (Å²) < 4.78 is 5.36. The van der Waals surface area contributed by atoms with Crippen molar-refractivity contribution in [3.05, 3.63) is 28.5 Å². The SMILES string of the molecule is COc1cc(C)c(Cl)c(C)c1-c1nncnc1N. The van der Waals surface area contributed by atoms with Gasteiger partial charge in [0.1, 0.15) is 17.8 Å². The van der Waals surface area contributed by atoms with Crippen LogP contribution < -0.4 is 10.5 Å². The smallest absolute Gasteiger partial charge is 0.153 e. The number of nitrogens with zero attached hydrogens (tertiary/aromatic N) is 3. The summed E-state index contributed by atoms with van der Waals surface area (Å²) in [6.45, 7) is 3.81. The van der Waals surface area contributed by atoms with Crippen molar-refractivity contribution in [3.8, 4) is 17.0 Å². The Hall–Kier alpha value is -1.88. The van der Waals surface area contributed by atoms with E-state index >= 15 is 0 Å². The lowest BCUT2D eigenvalue weighted by atomic mass is 10.0. The topological polar surface area (TPSA) is 73.9 Å². The second-order valence-electron chi connectivity index (χ2n) is 3.90. The van der Waals surface area contributed by atoms with Gasteiger partial charge in [-0.15, -0.1) is 10.2 Å². The Kier molecular flexibility index (Phi) is 3.34. The fraction of sp³-hybridized carbons (Fsp3) is 0.250. The van der Waals surface area contributed by atoms with Gasteiger partial charge in [0.2, 0.25) is 0 Å². The maximum atomic E-state index is 6.25. The lowest BCUT2D eigenvalue weighted by Gasteiger charge is -2.14. The van der Waals surface area contributed by atoms with E-state index in [1.165, 1.54) is 6.33 Å². The van der Waals surface area contributed by atoms with E-state index in [-0.39, 0.29) is 0 Å². The number of methoxy groups -OCH3 is 1. The summed E-state index contributed by atoms with van der Waals surface area (Å²) in [5.74, 6) is 0.953. The van der Waals surface area contributed by atoms with Crippen molar-refractivity contribution < 1.29 is 4.74 Å². The third-order valence-electron chi connectivity index (χ3n) is 2.75. The van der Waals surface area contributed by atoms with Crippen LogP contribution >= 0.6 is 11.6 Å². The summed E-state index contributed by atoms with van der Waals surface area (Å²) in [5.41, 5.74) is 8.81. The average molecular weight is 265 g/mol. The number of hydrogen-bond acceptors (Lipinski definition) is 5. The van der Waals surface area contributed by atoms with Crippen LogP contribution in [0.5, 0.6) is 5.75 Å². The number of hydrogen-bond donors (Lipinski definition) is 1. The van der Waals surface area contributed by atoms with E-state index in [2.05, 4.69) is 15.2 Å². The number of nitrogens with two attached hydrogens (primary N) is 1. The van der Waals surface area contributed by atoms with Crippen molar-refractivity contribution in [1.29, 1.82) is 0 Å².